The summed E-state index contributed by atoms with van der Waals surface area (Å²) >= 11 is 1.49. The van der Waals surface area contributed by atoms with Crippen LogP contribution in [-0.4, -0.2) is 33.2 Å². The van der Waals surface area contributed by atoms with E-state index >= 15 is 0 Å². The number of nitrogens with one attached hydrogen (secondary N) is 1. The monoisotopic (exact) mass is 377 g/mol. The molecule has 6 nitrogen and oxygen atoms in total. The van der Waals surface area contributed by atoms with Gasteiger partial charge in [-0.1, -0.05) is 18.2 Å². The highest BCUT2D eigenvalue weighted by atomic mass is 32.1. The summed E-state index contributed by atoms with van der Waals surface area (Å²) in [5, 5.41) is 4.83. The molecular formula is C19H23NO5S. The average molecular weight is 377 g/mol. The minimum Gasteiger partial charge on any atom is -0.493 e. The van der Waals surface area contributed by atoms with Crippen molar-refractivity contribution in [3.05, 3.63) is 46.2 Å². The SMILES string of the molecule is COC(=O)C[C@H](NC(=O)CCc1cccc(OC)c1OC)c1cccs1. The maximum absolute atomic E-state index is 12.4. The topological polar surface area (TPSA) is 73.9 Å². The van der Waals surface area contributed by atoms with E-state index in [0.29, 0.717) is 17.9 Å². The fourth-order valence-electron chi connectivity index (χ4n) is 2.63. The van der Waals surface area contributed by atoms with Gasteiger partial charge >= 0.3 is 5.97 Å². The molecule has 0 spiro atoms. The van der Waals surface area contributed by atoms with Gasteiger partial charge in [0, 0.05) is 11.3 Å². The first kappa shape index (κ1) is 19.8. The Hall–Kier alpha value is -2.54. The molecule has 26 heavy (non-hydrogen) atoms. The van der Waals surface area contributed by atoms with E-state index in [9.17, 15) is 9.59 Å². The third-order valence-corrected chi connectivity index (χ3v) is 4.91. The van der Waals surface area contributed by atoms with Gasteiger partial charge in [0.15, 0.2) is 11.5 Å². The lowest BCUT2D eigenvalue weighted by Gasteiger charge is -2.17. The molecule has 1 aromatic heterocycles. The second-order valence-electron chi connectivity index (χ2n) is 5.57. The van der Waals surface area contributed by atoms with Crippen LogP contribution in [0.15, 0.2) is 35.7 Å². The zero-order chi connectivity index (χ0) is 18.9. The number of hydrogen-bond donors (Lipinski definition) is 1. The van der Waals surface area contributed by atoms with Crippen molar-refractivity contribution in [3.63, 3.8) is 0 Å². The summed E-state index contributed by atoms with van der Waals surface area (Å²) in [5.74, 6) is 0.759. The van der Waals surface area contributed by atoms with Gasteiger partial charge in [0.25, 0.3) is 0 Å². The molecule has 140 valence electrons. The van der Waals surface area contributed by atoms with E-state index in [1.165, 1.54) is 18.4 Å². The Kier molecular flexibility index (Phi) is 7.47. The molecular weight excluding hydrogens is 354 g/mol. The average Bonchev–Trinajstić information content (AvgIpc) is 3.19. The number of benzene rings is 1. The van der Waals surface area contributed by atoms with Crippen molar-refractivity contribution in [2.75, 3.05) is 21.3 Å². The van der Waals surface area contributed by atoms with Crippen LogP contribution in [0.25, 0.3) is 0 Å². The lowest BCUT2D eigenvalue weighted by Crippen LogP contribution is -2.30. The quantitative estimate of drug-likeness (QED) is 0.680. The van der Waals surface area contributed by atoms with Crippen LogP contribution in [0.3, 0.4) is 0 Å². The third kappa shape index (κ3) is 5.23. The van der Waals surface area contributed by atoms with Crippen LogP contribution >= 0.6 is 11.3 Å². The molecule has 1 heterocycles. The molecule has 1 atom stereocenters. The summed E-state index contributed by atoms with van der Waals surface area (Å²) in [6, 6.07) is 8.97. The normalized spacial score (nSPS) is 11.5. The summed E-state index contributed by atoms with van der Waals surface area (Å²) in [5.41, 5.74) is 0.891. The highest BCUT2D eigenvalue weighted by Gasteiger charge is 2.20. The Bertz CT molecular complexity index is 730. The summed E-state index contributed by atoms with van der Waals surface area (Å²) in [4.78, 5) is 25.0. The highest BCUT2D eigenvalue weighted by molar-refractivity contribution is 7.10. The number of aryl methyl sites for hydroxylation is 1. The lowest BCUT2D eigenvalue weighted by molar-refractivity contribution is -0.141. The number of hydrogen-bond acceptors (Lipinski definition) is 6. The number of amides is 1. The second kappa shape index (κ2) is 9.82. The predicted molar refractivity (Wildman–Crippen MR) is 99.7 cm³/mol. The number of esters is 1. The van der Waals surface area contributed by atoms with E-state index in [2.05, 4.69) is 5.32 Å². The molecule has 0 aliphatic heterocycles. The van der Waals surface area contributed by atoms with Crippen LogP contribution in [0, 0.1) is 0 Å². The van der Waals surface area contributed by atoms with Gasteiger partial charge in [-0.25, -0.2) is 0 Å². The zero-order valence-corrected chi connectivity index (χ0v) is 15.9. The van der Waals surface area contributed by atoms with Crippen LogP contribution in [0.2, 0.25) is 0 Å². The Balaban J connectivity index is 2.01. The van der Waals surface area contributed by atoms with Gasteiger partial charge < -0.3 is 19.5 Å². The van der Waals surface area contributed by atoms with Gasteiger partial charge in [-0.3, -0.25) is 9.59 Å². The van der Waals surface area contributed by atoms with Gasteiger partial charge in [0.05, 0.1) is 33.8 Å². The van der Waals surface area contributed by atoms with Gasteiger partial charge in [0.1, 0.15) is 0 Å². The Morgan fingerprint density at radius 1 is 1.12 bits per heavy atom. The van der Waals surface area contributed by atoms with E-state index in [4.69, 9.17) is 14.2 Å². The van der Waals surface area contributed by atoms with Crippen LogP contribution in [0.4, 0.5) is 0 Å². The van der Waals surface area contributed by atoms with Crippen molar-refractivity contribution in [3.8, 4) is 11.5 Å². The van der Waals surface area contributed by atoms with Gasteiger partial charge in [-0.05, 0) is 29.5 Å². The Morgan fingerprint density at radius 2 is 1.92 bits per heavy atom. The minimum atomic E-state index is -0.387. The van der Waals surface area contributed by atoms with Crippen molar-refractivity contribution in [1.82, 2.24) is 5.32 Å². The molecule has 0 bridgehead atoms. The van der Waals surface area contributed by atoms with Crippen molar-refractivity contribution < 1.29 is 23.8 Å². The number of thiophene rings is 1. The molecule has 1 N–H and O–H groups in total. The van der Waals surface area contributed by atoms with E-state index in [0.717, 1.165) is 10.4 Å². The van der Waals surface area contributed by atoms with Crippen molar-refractivity contribution in [1.29, 1.82) is 0 Å². The molecule has 2 rings (SSSR count). The number of carbonyl (C=O) groups excluding carboxylic acids is 2. The minimum absolute atomic E-state index is 0.102. The van der Waals surface area contributed by atoms with E-state index < -0.39 is 0 Å². The Morgan fingerprint density at radius 3 is 2.54 bits per heavy atom. The molecule has 0 aliphatic carbocycles. The summed E-state index contributed by atoms with van der Waals surface area (Å²) in [6.45, 7) is 0. The fraction of sp³-hybridized carbons (Fsp3) is 0.368. The van der Waals surface area contributed by atoms with Crippen LogP contribution in [0.5, 0.6) is 11.5 Å². The van der Waals surface area contributed by atoms with Crippen LogP contribution in [0.1, 0.15) is 29.3 Å². The largest absolute Gasteiger partial charge is 0.493 e. The zero-order valence-electron chi connectivity index (χ0n) is 15.1. The van der Waals surface area contributed by atoms with E-state index in [-0.39, 0.29) is 30.8 Å². The van der Waals surface area contributed by atoms with E-state index in [1.54, 1.807) is 14.2 Å². The van der Waals surface area contributed by atoms with Crippen LogP contribution in [-0.2, 0) is 20.7 Å². The molecule has 1 aromatic carbocycles. The van der Waals surface area contributed by atoms with Crippen molar-refractivity contribution in [2.45, 2.75) is 25.3 Å². The van der Waals surface area contributed by atoms with Gasteiger partial charge in [0.2, 0.25) is 5.91 Å². The Labute approximate surface area is 157 Å². The van der Waals surface area contributed by atoms with Gasteiger partial charge in [-0.15, -0.1) is 11.3 Å². The summed E-state index contributed by atoms with van der Waals surface area (Å²) in [7, 11) is 4.49. The molecule has 1 amide bonds. The van der Waals surface area contributed by atoms with Crippen molar-refractivity contribution >= 4 is 23.2 Å². The molecule has 0 radical (unpaired) electrons. The maximum Gasteiger partial charge on any atom is 0.307 e. The third-order valence-electron chi connectivity index (χ3n) is 3.93. The first-order valence-electron chi connectivity index (χ1n) is 8.18. The molecule has 2 aromatic rings. The molecule has 0 aliphatic rings. The molecule has 0 saturated carbocycles. The number of ether oxygens (including phenoxy) is 3. The van der Waals surface area contributed by atoms with Crippen LogP contribution < -0.4 is 14.8 Å². The standard InChI is InChI=1S/C19H23NO5S/c1-23-15-7-4-6-13(19(15)25-3)9-10-17(21)20-14(12-18(22)24-2)16-8-5-11-26-16/h4-8,11,14H,9-10,12H2,1-3H3,(H,20,21)/t14-/m0/s1. The highest BCUT2D eigenvalue weighted by Crippen LogP contribution is 2.31. The lowest BCUT2D eigenvalue weighted by atomic mass is 10.1. The summed E-state index contributed by atoms with van der Waals surface area (Å²) in [6.07, 6.45) is 0.874. The predicted octanol–water partition coefficient (Wildman–Crippen LogP) is 3.12. The fourth-order valence-corrected chi connectivity index (χ4v) is 3.41. The first-order chi connectivity index (χ1) is 12.6. The van der Waals surface area contributed by atoms with Gasteiger partial charge in [-0.2, -0.15) is 0 Å². The van der Waals surface area contributed by atoms with E-state index in [1.807, 2.05) is 35.7 Å². The maximum atomic E-state index is 12.4. The number of rotatable bonds is 9. The number of carbonyl (C=O) groups is 2. The number of para-hydroxylation sites is 1. The number of methoxy groups -OCH3 is 3. The molecule has 0 unspecified atom stereocenters. The smallest absolute Gasteiger partial charge is 0.307 e. The molecule has 0 saturated heterocycles. The first-order valence-corrected chi connectivity index (χ1v) is 9.06. The second-order valence-corrected chi connectivity index (χ2v) is 6.55. The molecule has 0 fully saturated rings. The summed E-state index contributed by atoms with van der Waals surface area (Å²) < 4.78 is 15.4. The molecule has 7 heteroatoms. The van der Waals surface area contributed by atoms with Crippen molar-refractivity contribution in [2.24, 2.45) is 0 Å².